The molecule has 1 aliphatic carbocycles. The predicted molar refractivity (Wildman–Crippen MR) is 43.0 cm³/mol. The van der Waals surface area contributed by atoms with Gasteiger partial charge in [-0.2, -0.15) is 0 Å². The maximum Gasteiger partial charge on any atom is 0.0740 e. The largest absolute Gasteiger partial charge is 0.389 e. The molecule has 0 bridgehead atoms. The van der Waals surface area contributed by atoms with Crippen molar-refractivity contribution < 1.29 is 5.11 Å². The van der Waals surface area contributed by atoms with E-state index in [1.54, 1.807) is 6.08 Å². The first-order valence-corrected chi connectivity index (χ1v) is 3.92. The molecule has 1 atom stereocenters. The van der Waals surface area contributed by atoms with Crippen molar-refractivity contribution >= 4 is 11.6 Å². The van der Waals surface area contributed by atoms with E-state index in [1.165, 1.54) is 0 Å². The van der Waals surface area contributed by atoms with Crippen LogP contribution in [0.1, 0.15) is 26.7 Å². The van der Waals surface area contributed by atoms with Crippen LogP contribution in [0.2, 0.25) is 0 Å². The minimum Gasteiger partial charge on any atom is -0.389 e. The van der Waals surface area contributed by atoms with Crippen LogP contribution in [0.15, 0.2) is 11.1 Å². The molecule has 2 heteroatoms. The van der Waals surface area contributed by atoms with E-state index < -0.39 is 0 Å². The van der Waals surface area contributed by atoms with Gasteiger partial charge in [-0.15, -0.1) is 0 Å². The van der Waals surface area contributed by atoms with Crippen LogP contribution in [0.4, 0.5) is 0 Å². The first-order chi connectivity index (χ1) is 4.49. The van der Waals surface area contributed by atoms with Crippen molar-refractivity contribution in [2.75, 3.05) is 0 Å². The van der Waals surface area contributed by atoms with E-state index in [-0.39, 0.29) is 11.5 Å². The molecule has 1 nitrogen and oxygen atoms in total. The first-order valence-electron chi connectivity index (χ1n) is 3.54. The zero-order valence-electron chi connectivity index (χ0n) is 6.39. The van der Waals surface area contributed by atoms with E-state index >= 15 is 0 Å². The van der Waals surface area contributed by atoms with Crippen molar-refractivity contribution in [1.82, 2.24) is 0 Å². The number of hydrogen-bond acceptors (Lipinski definition) is 1. The summed E-state index contributed by atoms with van der Waals surface area (Å²) in [7, 11) is 0. The van der Waals surface area contributed by atoms with Crippen molar-refractivity contribution in [2.24, 2.45) is 5.41 Å². The quantitative estimate of drug-likeness (QED) is 0.577. The van der Waals surface area contributed by atoms with Gasteiger partial charge in [-0.1, -0.05) is 25.4 Å². The summed E-state index contributed by atoms with van der Waals surface area (Å²) >= 11 is 5.80. The summed E-state index contributed by atoms with van der Waals surface area (Å²) in [5.41, 5.74) is 0.172. The lowest BCUT2D eigenvalue weighted by Crippen LogP contribution is -2.23. The van der Waals surface area contributed by atoms with Gasteiger partial charge in [0.05, 0.1) is 6.10 Å². The Kier molecular flexibility index (Phi) is 2.07. The van der Waals surface area contributed by atoms with Crippen LogP contribution in [0, 0.1) is 5.41 Å². The molecule has 0 radical (unpaired) electrons. The molecule has 0 heterocycles. The number of rotatable bonds is 0. The first kappa shape index (κ1) is 8.09. The zero-order chi connectivity index (χ0) is 7.78. The second-order valence-electron chi connectivity index (χ2n) is 3.73. The fourth-order valence-corrected chi connectivity index (χ4v) is 1.93. The Morgan fingerprint density at radius 1 is 1.70 bits per heavy atom. The van der Waals surface area contributed by atoms with Gasteiger partial charge in [-0.3, -0.25) is 0 Å². The summed E-state index contributed by atoms with van der Waals surface area (Å²) in [6, 6.07) is 0. The van der Waals surface area contributed by atoms with Crippen LogP contribution in [0.3, 0.4) is 0 Å². The maximum atomic E-state index is 9.25. The third-order valence-corrected chi connectivity index (χ3v) is 2.04. The highest BCUT2D eigenvalue weighted by Gasteiger charge is 2.26. The zero-order valence-corrected chi connectivity index (χ0v) is 7.15. The van der Waals surface area contributed by atoms with Crippen molar-refractivity contribution in [3.05, 3.63) is 11.1 Å². The van der Waals surface area contributed by atoms with E-state index in [9.17, 15) is 5.11 Å². The van der Waals surface area contributed by atoms with Crippen LogP contribution in [-0.4, -0.2) is 11.2 Å². The molecule has 0 amide bonds. The Balaban J connectivity index is 2.70. The molecule has 1 N–H and O–H groups in total. The summed E-state index contributed by atoms with van der Waals surface area (Å²) < 4.78 is 0. The fourth-order valence-electron chi connectivity index (χ4n) is 1.42. The highest BCUT2D eigenvalue weighted by atomic mass is 35.5. The Morgan fingerprint density at radius 2 is 2.30 bits per heavy atom. The van der Waals surface area contributed by atoms with E-state index in [0.29, 0.717) is 0 Å². The number of hydrogen-bond donors (Lipinski definition) is 1. The Morgan fingerprint density at radius 3 is 2.70 bits per heavy atom. The standard InChI is InChI=1S/C8H13ClO/c1-8(2)4-6(9)3-7(10)5-8/h3,7,10H,4-5H2,1-2H3. The summed E-state index contributed by atoms with van der Waals surface area (Å²) in [6.45, 7) is 4.23. The van der Waals surface area contributed by atoms with E-state index in [1.807, 2.05) is 0 Å². The van der Waals surface area contributed by atoms with Crippen LogP contribution in [0.5, 0.6) is 0 Å². The Bertz CT molecular complexity index is 161. The van der Waals surface area contributed by atoms with Gasteiger partial charge in [0.2, 0.25) is 0 Å². The van der Waals surface area contributed by atoms with Gasteiger partial charge in [0.1, 0.15) is 0 Å². The molecule has 58 valence electrons. The lowest BCUT2D eigenvalue weighted by molar-refractivity contribution is 0.141. The minimum atomic E-state index is -0.337. The molecule has 1 rings (SSSR count). The third kappa shape index (κ3) is 1.99. The van der Waals surface area contributed by atoms with Crippen LogP contribution in [0.25, 0.3) is 0 Å². The van der Waals surface area contributed by atoms with Gasteiger partial charge in [-0.25, -0.2) is 0 Å². The lowest BCUT2D eigenvalue weighted by atomic mass is 9.80. The van der Waals surface area contributed by atoms with Crippen molar-refractivity contribution in [3.8, 4) is 0 Å². The van der Waals surface area contributed by atoms with Gasteiger partial charge >= 0.3 is 0 Å². The predicted octanol–water partition coefficient (Wildman–Crippen LogP) is 2.29. The Hall–Kier alpha value is -0.0100. The summed E-state index contributed by atoms with van der Waals surface area (Å²) in [4.78, 5) is 0. The lowest BCUT2D eigenvalue weighted by Gasteiger charge is -2.30. The van der Waals surface area contributed by atoms with Gasteiger partial charge in [0.25, 0.3) is 0 Å². The molecule has 0 aromatic rings. The molecule has 0 spiro atoms. The van der Waals surface area contributed by atoms with E-state index in [4.69, 9.17) is 11.6 Å². The average molecular weight is 161 g/mol. The SMILES string of the molecule is CC1(C)CC(Cl)=CC(O)C1. The summed E-state index contributed by atoms with van der Waals surface area (Å²) in [6.07, 6.45) is 3.11. The van der Waals surface area contributed by atoms with Gasteiger partial charge in [0.15, 0.2) is 0 Å². The number of aliphatic hydroxyl groups excluding tert-OH is 1. The molecule has 0 saturated heterocycles. The summed E-state index contributed by atoms with van der Waals surface area (Å²) in [5.74, 6) is 0. The maximum absolute atomic E-state index is 9.25. The van der Waals surface area contributed by atoms with Crippen LogP contribution >= 0.6 is 11.6 Å². The second-order valence-corrected chi connectivity index (χ2v) is 4.21. The molecule has 10 heavy (non-hydrogen) atoms. The molecule has 0 saturated carbocycles. The molecule has 0 aromatic carbocycles. The highest BCUT2D eigenvalue weighted by molar-refractivity contribution is 6.29. The van der Waals surface area contributed by atoms with Crippen molar-refractivity contribution in [3.63, 3.8) is 0 Å². The van der Waals surface area contributed by atoms with Crippen LogP contribution in [-0.2, 0) is 0 Å². The molecule has 0 fully saturated rings. The minimum absolute atomic E-state index is 0.172. The number of allylic oxidation sites excluding steroid dienone is 1. The molecular weight excluding hydrogens is 148 g/mol. The number of aliphatic hydroxyl groups is 1. The molecule has 0 aromatic heterocycles. The topological polar surface area (TPSA) is 20.2 Å². The number of halogens is 1. The Labute approximate surface area is 66.7 Å². The average Bonchev–Trinajstić information content (AvgIpc) is 1.54. The third-order valence-electron chi connectivity index (χ3n) is 1.78. The van der Waals surface area contributed by atoms with Gasteiger partial charge in [0, 0.05) is 5.03 Å². The molecule has 1 unspecified atom stereocenters. The van der Waals surface area contributed by atoms with Crippen molar-refractivity contribution in [2.45, 2.75) is 32.8 Å². The molecule has 0 aliphatic heterocycles. The van der Waals surface area contributed by atoms with Gasteiger partial charge in [-0.05, 0) is 24.3 Å². The van der Waals surface area contributed by atoms with E-state index in [0.717, 1.165) is 17.9 Å². The fraction of sp³-hybridized carbons (Fsp3) is 0.750. The second kappa shape index (κ2) is 2.55. The van der Waals surface area contributed by atoms with E-state index in [2.05, 4.69) is 13.8 Å². The van der Waals surface area contributed by atoms with Gasteiger partial charge < -0.3 is 5.11 Å². The molecular formula is C8H13ClO. The monoisotopic (exact) mass is 160 g/mol. The highest BCUT2D eigenvalue weighted by Crippen LogP contribution is 2.36. The van der Waals surface area contributed by atoms with Crippen LogP contribution < -0.4 is 0 Å². The summed E-state index contributed by atoms with van der Waals surface area (Å²) in [5, 5.41) is 10.0. The smallest absolute Gasteiger partial charge is 0.0740 e. The molecule has 1 aliphatic rings. The van der Waals surface area contributed by atoms with Crippen molar-refractivity contribution in [1.29, 1.82) is 0 Å². The normalized spacial score (nSPS) is 31.6.